The third kappa shape index (κ3) is 2.83. The van der Waals surface area contributed by atoms with Crippen LogP contribution in [0.1, 0.15) is 26.3 Å². The van der Waals surface area contributed by atoms with Crippen molar-refractivity contribution in [3.05, 3.63) is 48.2 Å². The van der Waals surface area contributed by atoms with Gasteiger partial charge in [-0.3, -0.25) is 0 Å². The maximum Gasteiger partial charge on any atom is 0.218 e. The Kier molecular flexibility index (Phi) is 3.28. The van der Waals surface area contributed by atoms with Crippen molar-refractivity contribution in [3.8, 4) is 0 Å². The molecule has 2 aromatic rings. The number of hydrogen-bond donors (Lipinski definition) is 1. The molecule has 0 amide bonds. The molecule has 1 aromatic carbocycles. The number of nitrogens with one attached hydrogen (secondary N) is 1. The van der Waals surface area contributed by atoms with Gasteiger partial charge in [-0.1, -0.05) is 39.0 Å². The number of rotatable bonds is 2. The van der Waals surface area contributed by atoms with Gasteiger partial charge in [0.1, 0.15) is 12.1 Å². The molecule has 0 saturated carbocycles. The quantitative estimate of drug-likeness (QED) is 0.820. The lowest BCUT2D eigenvalue weighted by molar-refractivity contribution is 0.580. The molecule has 3 nitrogen and oxygen atoms in total. The zero-order chi connectivity index (χ0) is 13.2. The molecular formula is C14H16FN3. The molecule has 0 spiro atoms. The van der Waals surface area contributed by atoms with Gasteiger partial charge in [0.15, 0.2) is 0 Å². The van der Waals surface area contributed by atoms with E-state index in [-0.39, 0.29) is 5.41 Å². The molecule has 94 valence electrons. The van der Waals surface area contributed by atoms with E-state index in [4.69, 9.17) is 0 Å². The average Bonchev–Trinajstić information content (AvgIpc) is 2.28. The van der Waals surface area contributed by atoms with E-state index < -0.39 is 5.95 Å². The minimum atomic E-state index is -0.541. The van der Waals surface area contributed by atoms with E-state index in [0.717, 1.165) is 11.3 Å². The molecule has 1 aromatic heterocycles. The summed E-state index contributed by atoms with van der Waals surface area (Å²) in [5.74, 6) is -0.0834. The number of halogens is 1. The van der Waals surface area contributed by atoms with Crippen molar-refractivity contribution >= 4 is 11.5 Å². The summed E-state index contributed by atoms with van der Waals surface area (Å²) in [4.78, 5) is 7.43. The number of nitrogens with zero attached hydrogens (tertiary/aromatic N) is 2. The van der Waals surface area contributed by atoms with Gasteiger partial charge in [0.2, 0.25) is 5.95 Å². The van der Waals surface area contributed by atoms with Crippen LogP contribution in [0.3, 0.4) is 0 Å². The summed E-state index contributed by atoms with van der Waals surface area (Å²) in [6.45, 7) is 6.40. The van der Waals surface area contributed by atoms with Gasteiger partial charge in [-0.15, -0.1) is 0 Å². The molecule has 0 saturated heterocycles. The molecule has 0 atom stereocenters. The molecule has 0 radical (unpaired) electrons. The Morgan fingerprint density at radius 2 is 1.83 bits per heavy atom. The van der Waals surface area contributed by atoms with E-state index in [1.807, 2.05) is 18.2 Å². The molecule has 0 aliphatic rings. The predicted molar refractivity (Wildman–Crippen MR) is 70.4 cm³/mol. The van der Waals surface area contributed by atoms with Gasteiger partial charge in [0, 0.05) is 11.8 Å². The van der Waals surface area contributed by atoms with Gasteiger partial charge >= 0.3 is 0 Å². The number of anilines is 2. The van der Waals surface area contributed by atoms with Gasteiger partial charge in [0.25, 0.3) is 0 Å². The molecule has 0 aliphatic carbocycles. The first kappa shape index (κ1) is 12.5. The number of para-hydroxylation sites is 1. The SMILES string of the molecule is CC(C)(C)c1ccccc1Nc1cc(F)ncn1. The van der Waals surface area contributed by atoms with Crippen LogP contribution in [0.5, 0.6) is 0 Å². The minimum Gasteiger partial charge on any atom is -0.340 e. The van der Waals surface area contributed by atoms with Crippen molar-refractivity contribution in [1.29, 1.82) is 0 Å². The summed E-state index contributed by atoms with van der Waals surface area (Å²) in [6.07, 6.45) is 1.21. The lowest BCUT2D eigenvalue weighted by Gasteiger charge is -2.23. The fourth-order valence-corrected chi connectivity index (χ4v) is 1.79. The van der Waals surface area contributed by atoms with Crippen LogP contribution in [0.15, 0.2) is 36.7 Å². The van der Waals surface area contributed by atoms with Crippen LogP contribution < -0.4 is 5.32 Å². The first-order valence-electron chi connectivity index (χ1n) is 5.81. The summed E-state index contributed by atoms with van der Waals surface area (Å²) >= 11 is 0. The molecule has 0 bridgehead atoms. The van der Waals surface area contributed by atoms with Crippen molar-refractivity contribution in [1.82, 2.24) is 9.97 Å². The average molecular weight is 245 g/mol. The standard InChI is InChI=1S/C14H16FN3/c1-14(2,3)10-6-4-5-7-11(10)18-13-8-12(15)16-9-17-13/h4-9H,1-3H3,(H,16,17,18). The Bertz CT molecular complexity index is 547. The lowest BCUT2D eigenvalue weighted by atomic mass is 9.86. The van der Waals surface area contributed by atoms with Crippen molar-refractivity contribution in [3.63, 3.8) is 0 Å². The summed E-state index contributed by atoms with van der Waals surface area (Å²) in [5.41, 5.74) is 2.10. The Balaban J connectivity index is 2.35. The Labute approximate surface area is 106 Å². The van der Waals surface area contributed by atoms with E-state index in [1.165, 1.54) is 12.4 Å². The third-order valence-electron chi connectivity index (χ3n) is 2.63. The number of aromatic nitrogens is 2. The van der Waals surface area contributed by atoms with Gasteiger partial charge in [-0.05, 0) is 17.0 Å². The van der Waals surface area contributed by atoms with E-state index >= 15 is 0 Å². The molecule has 1 N–H and O–H groups in total. The van der Waals surface area contributed by atoms with Gasteiger partial charge in [-0.2, -0.15) is 4.39 Å². The third-order valence-corrected chi connectivity index (χ3v) is 2.63. The highest BCUT2D eigenvalue weighted by molar-refractivity contribution is 5.61. The minimum absolute atomic E-state index is 0.00910. The summed E-state index contributed by atoms with van der Waals surface area (Å²) in [6, 6.07) is 9.22. The number of hydrogen-bond acceptors (Lipinski definition) is 3. The van der Waals surface area contributed by atoms with Crippen LogP contribution in [0.25, 0.3) is 0 Å². The molecule has 2 rings (SSSR count). The molecule has 1 heterocycles. The topological polar surface area (TPSA) is 37.8 Å². The number of benzene rings is 1. The zero-order valence-corrected chi connectivity index (χ0v) is 10.7. The van der Waals surface area contributed by atoms with Crippen LogP contribution in [0.2, 0.25) is 0 Å². The van der Waals surface area contributed by atoms with Crippen LogP contribution in [0.4, 0.5) is 15.9 Å². The Morgan fingerprint density at radius 1 is 1.11 bits per heavy atom. The van der Waals surface area contributed by atoms with Gasteiger partial charge in [0.05, 0.1) is 0 Å². The first-order chi connectivity index (χ1) is 8.47. The second-order valence-electron chi connectivity index (χ2n) is 5.15. The second-order valence-corrected chi connectivity index (χ2v) is 5.15. The largest absolute Gasteiger partial charge is 0.340 e. The van der Waals surface area contributed by atoms with Crippen molar-refractivity contribution in [2.45, 2.75) is 26.2 Å². The maximum atomic E-state index is 13.0. The van der Waals surface area contributed by atoms with Crippen LogP contribution in [0, 0.1) is 5.95 Å². The van der Waals surface area contributed by atoms with Crippen LogP contribution in [-0.2, 0) is 5.41 Å². The normalized spacial score (nSPS) is 11.3. The van der Waals surface area contributed by atoms with Crippen molar-refractivity contribution < 1.29 is 4.39 Å². The smallest absolute Gasteiger partial charge is 0.218 e. The molecule has 0 fully saturated rings. The maximum absolute atomic E-state index is 13.0. The highest BCUT2D eigenvalue weighted by Crippen LogP contribution is 2.30. The zero-order valence-electron chi connectivity index (χ0n) is 10.7. The summed E-state index contributed by atoms with van der Waals surface area (Å²) in [5, 5.41) is 3.13. The second kappa shape index (κ2) is 4.72. The molecule has 0 unspecified atom stereocenters. The highest BCUT2D eigenvalue weighted by atomic mass is 19.1. The van der Waals surface area contributed by atoms with Gasteiger partial charge in [-0.25, -0.2) is 9.97 Å². The fourth-order valence-electron chi connectivity index (χ4n) is 1.79. The monoisotopic (exact) mass is 245 g/mol. The Hall–Kier alpha value is -1.97. The van der Waals surface area contributed by atoms with Crippen molar-refractivity contribution in [2.24, 2.45) is 0 Å². The van der Waals surface area contributed by atoms with Crippen LogP contribution >= 0.6 is 0 Å². The van der Waals surface area contributed by atoms with Crippen molar-refractivity contribution in [2.75, 3.05) is 5.32 Å². The molecular weight excluding hydrogens is 229 g/mol. The predicted octanol–water partition coefficient (Wildman–Crippen LogP) is 3.66. The van der Waals surface area contributed by atoms with E-state index in [1.54, 1.807) is 0 Å². The lowest BCUT2D eigenvalue weighted by Crippen LogP contribution is -2.13. The molecule has 18 heavy (non-hydrogen) atoms. The van der Waals surface area contributed by atoms with E-state index in [2.05, 4.69) is 42.1 Å². The molecule has 4 heteroatoms. The highest BCUT2D eigenvalue weighted by Gasteiger charge is 2.17. The fraction of sp³-hybridized carbons (Fsp3) is 0.286. The van der Waals surface area contributed by atoms with E-state index in [9.17, 15) is 4.39 Å². The van der Waals surface area contributed by atoms with E-state index in [0.29, 0.717) is 5.82 Å². The first-order valence-corrected chi connectivity index (χ1v) is 5.81. The summed E-state index contributed by atoms with van der Waals surface area (Å²) < 4.78 is 13.0. The Morgan fingerprint density at radius 3 is 2.50 bits per heavy atom. The van der Waals surface area contributed by atoms with Crippen LogP contribution in [-0.4, -0.2) is 9.97 Å². The molecule has 0 aliphatic heterocycles. The summed E-state index contributed by atoms with van der Waals surface area (Å²) in [7, 11) is 0. The van der Waals surface area contributed by atoms with Gasteiger partial charge < -0.3 is 5.32 Å².